The highest BCUT2D eigenvalue weighted by atomic mass is 16.7. The van der Waals surface area contributed by atoms with Crippen LogP contribution in [-0.2, 0) is 11.8 Å². The summed E-state index contributed by atoms with van der Waals surface area (Å²) in [6.45, 7) is 0. The van der Waals surface area contributed by atoms with Crippen LogP contribution in [0.25, 0.3) is 0 Å². The first-order chi connectivity index (χ1) is 13.1. The van der Waals surface area contributed by atoms with Gasteiger partial charge in [-0.2, -0.15) is 0 Å². The minimum Gasteiger partial charge on any atom is -0.449 e. The maximum absolute atomic E-state index is 10.9. The van der Waals surface area contributed by atoms with Crippen molar-refractivity contribution in [2.45, 2.75) is 50.4 Å². The van der Waals surface area contributed by atoms with E-state index in [0.29, 0.717) is 11.8 Å². The number of ether oxygens (including phenoxy) is 1. The molecule has 1 heterocycles. The van der Waals surface area contributed by atoms with Crippen molar-refractivity contribution in [1.82, 2.24) is 4.98 Å². The van der Waals surface area contributed by atoms with Gasteiger partial charge < -0.3 is 9.84 Å². The van der Waals surface area contributed by atoms with Gasteiger partial charge in [-0.3, -0.25) is 0 Å². The molecule has 1 aromatic carbocycles. The predicted octanol–water partition coefficient (Wildman–Crippen LogP) is 5.20. The second-order valence-electron chi connectivity index (χ2n) is 8.91. The van der Waals surface area contributed by atoms with Gasteiger partial charge in [-0.1, -0.05) is 30.3 Å². The second-order valence-corrected chi connectivity index (χ2v) is 8.91. The summed E-state index contributed by atoms with van der Waals surface area (Å²) in [5, 5.41) is 8.88. The molecule has 4 saturated carbocycles. The van der Waals surface area contributed by atoms with E-state index >= 15 is 0 Å². The van der Waals surface area contributed by atoms with Gasteiger partial charge in [-0.05, 0) is 78.9 Å². The maximum atomic E-state index is 10.9. The van der Waals surface area contributed by atoms with E-state index in [2.05, 4.69) is 29.2 Å². The van der Waals surface area contributed by atoms with Crippen LogP contribution in [0.5, 0.6) is 5.88 Å². The van der Waals surface area contributed by atoms with Gasteiger partial charge in [0.25, 0.3) is 0 Å². The van der Waals surface area contributed by atoms with Gasteiger partial charge in [0.2, 0.25) is 5.88 Å². The highest BCUT2D eigenvalue weighted by molar-refractivity contribution is 5.61. The Hall–Kier alpha value is -2.36. The minimum atomic E-state index is -1.33. The molecule has 4 aliphatic carbocycles. The smallest absolute Gasteiger partial charge is 0.449 e. The molecule has 4 aliphatic rings. The largest absolute Gasteiger partial charge is 0.512 e. The van der Waals surface area contributed by atoms with Gasteiger partial charge in [-0.15, -0.1) is 0 Å². The summed E-state index contributed by atoms with van der Waals surface area (Å²) in [6.07, 6.45) is 9.36. The molecule has 0 aliphatic heterocycles. The van der Waals surface area contributed by atoms with E-state index in [4.69, 9.17) is 9.84 Å². The van der Waals surface area contributed by atoms with E-state index in [1.165, 1.54) is 44.1 Å². The van der Waals surface area contributed by atoms with Crippen LogP contribution in [0.4, 0.5) is 4.79 Å². The van der Waals surface area contributed by atoms with Gasteiger partial charge in [-0.25, -0.2) is 9.78 Å². The normalized spacial score (nSPS) is 31.0. The Kier molecular flexibility index (Phi) is 3.96. The van der Waals surface area contributed by atoms with E-state index in [0.717, 1.165) is 28.9 Å². The number of pyridine rings is 1. The molecule has 1 N–H and O–H groups in total. The van der Waals surface area contributed by atoms with E-state index in [9.17, 15) is 4.79 Å². The summed E-state index contributed by atoms with van der Waals surface area (Å²) < 4.78 is 4.81. The molecule has 4 fully saturated rings. The molecule has 0 atom stereocenters. The molecule has 27 heavy (non-hydrogen) atoms. The van der Waals surface area contributed by atoms with Crippen molar-refractivity contribution in [1.29, 1.82) is 0 Å². The van der Waals surface area contributed by atoms with Gasteiger partial charge in [0, 0.05) is 18.2 Å². The molecule has 2 aromatic rings. The highest BCUT2D eigenvalue weighted by Crippen LogP contribution is 2.60. The Morgan fingerprint density at radius 2 is 1.67 bits per heavy atom. The third-order valence-electron chi connectivity index (χ3n) is 7.03. The van der Waals surface area contributed by atoms with Gasteiger partial charge in [0.1, 0.15) is 0 Å². The average molecular weight is 363 g/mol. The van der Waals surface area contributed by atoms with Crippen LogP contribution in [0.2, 0.25) is 0 Å². The monoisotopic (exact) mass is 363 g/mol. The first-order valence-electron chi connectivity index (χ1n) is 10.0. The van der Waals surface area contributed by atoms with Crippen LogP contribution < -0.4 is 4.74 Å². The third kappa shape index (κ3) is 3.11. The quantitative estimate of drug-likeness (QED) is 0.759. The summed E-state index contributed by atoms with van der Waals surface area (Å²) in [5.41, 5.74) is 3.88. The second kappa shape index (κ2) is 6.36. The average Bonchev–Trinajstić information content (AvgIpc) is 2.62. The van der Waals surface area contributed by atoms with E-state index < -0.39 is 6.16 Å². The van der Waals surface area contributed by atoms with Crippen molar-refractivity contribution in [2.24, 2.45) is 17.8 Å². The molecule has 4 nitrogen and oxygen atoms in total. The SMILES string of the molecule is O=C(O)Oc1ncccc1Cc1ccc(C23CC4CC(CC(C4)C2)C3)cc1. The molecule has 0 spiro atoms. The Balaban J connectivity index is 1.37. The molecule has 4 bridgehead atoms. The number of benzene rings is 1. The molecule has 0 amide bonds. The Morgan fingerprint density at radius 1 is 1.04 bits per heavy atom. The fourth-order valence-corrected chi connectivity index (χ4v) is 6.39. The Labute approximate surface area is 159 Å². The lowest BCUT2D eigenvalue weighted by Gasteiger charge is -2.57. The van der Waals surface area contributed by atoms with Crippen LogP contribution in [0.3, 0.4) is 0 Å². The van der Waals surface area contributed by atoms with E-state index in [1.54, 1.807) is 6.20 Å². The van der Waals surface area contributed by atoms with Crippen molar-refractivity contribution in [3.05, 3.63) is 59.3 Å². The first-order valence-corrected chi connectivity index (χ1v) is 10.0. The summed E-state index contributed by atoms with van der Waals surface area (Å²) in [7, 11) is 0. The Morgan fingerprint density at radius 3 is 2.26 bits per heavy atom. The standard InChI is InChI=1S/C23H25NO3/c25-22(26)27-21-19(2-1-7-24-21)11-15-3-5-20(6-4-15)23-12-16-8-17(13-23)10-18(9-16)14-23/h1-7,16-18H,8-14H2,(H,25,26). The lowest BCUT2D eigenvalue weighted by molar-refractivity contribution is -0.00519. The molecule has 1 aromatic heterocycles. The molecule has 0 saturated heterocycles. The topological polar surface area (TPSA) is 59.4 Å². The number of hydrogen-bond donors (Lipinski definition) is 1. The molecule has 140 valence electrons. The van der Waals surface area contributed by atoms with Gasteiger partial charge in [0.15, 0.2) is 0 Å². The fourth-order valence-electron chi connectivity index (χ4n) is 6.39. The number of carbonyl (C=O) groups is 1. The van der Waals surface area contributed by atoms with Crippen LogP contribution in [0.15, 0.2) is 42.6 Å². The lowest BCUT2D eigenvalue weighted by atomic mass is 9.48. The summed E-state index contributed by atoms with van der Waals surface area (Å²) in [6, 6.07) is 12.7. The van der Waals surface area contributed by atoms with Crippen LogP contribution >= 0.6 is 0 Å². The molecular weight excluding hydrogens is 338 g/mol. The van der Waals surface area contributed by atoms with Crippen molar-refractivity contribution in [3.63, 3.8) is 0 Å². The van der Waals surface area contributed by atoms with Crippen molar-refractivity contribution in [2.75, 3.05) is 0 Å². The van der Waals surface area contributed by atoms with Crippen LogP contribution in [0, 0.1) is 17.8 Å². The van der Waals surface area contributed by atoms with Crippen LogP contribution in [-0.4, -0.2) is 16.2 Å². The van der Waals surface area contributed by atoms with Crippen LogP contribution in [0.1, 0.15) is 55.2 Å². The summed E-state index contributed by atoms with van der Waals surface area (Å²) in [4.78, 5) is 14.9. The van der Waals surface area contributed by atoms with Crippen molar-refractivity contribution in [3.8, 4) is 5.88 Å². The number of hydrogen-bond acceptors (Lipinski definition) is 3. The minimum absolute atomic E-state index is 0.176. The summed E-state index contributed by atoms with van der Waals surface area (Å²) in [5.74, 6) is 3.02. The first kappa shape index (κ1) is 16.8. The highest BCUT2D eigenvalue weighted by Gasteiger charge is 2.51. The molecule has 0 radical (unpaired) electrons. The van der Waals surface area contributed by atoms with Gasteiger partial charge >= 0.3 is 6.16 Å². The summed E-state index contributed by atoms with van der Waals surface area (Å²) >= 11 is 0. The zero-order chi connectivity index (χ0) is 18.4. The van der Waals surface area contributed by atoms with Crippen molar-refractivity contribution < 1.29 is 14.6 Å². The Bertz CT molecular complexity index is 823. The number of carboxylic acid groups (broad SMARTS) is 1. The van der Waals surface area contributed by atoms with Gasteiger partial charge in [0.05, 0.1) is 0 Å². The molecule has 4 heteroatoms. The molecule has 6 rings (SSSR count). The zero-order valence-corrected chi connectivity index (χ0v) is 15.4. The lowest BCUT2D eigenvalue weighted by Crippen LogP contribution is -2.48. The zero-order valence-electron chi connectivity index (χ0n) is 15.4. The predicted molar refractivity (Wildman–Crippen MR) is 102 cm³/mol. The maximum Gasteiger partial charge on any atom is 0.512 e. The molecule has 0 unspecified atom stereocenters. The van der Waals surface area contributed by atoms with E-state index in [1.807, 2.05) is 12.1 Å². The molecular formula is C23H25NO3. The third-order valence-corrected chi connectivity index (χ3v) is 7.03. The number of rotatable bonds is 4. The number of nitrogens with zero attached hydrogens (tertiary/aromatic N) is 1. The fraction of sp³-hybridized carbons (Fsp3) is 0.478. The van der Waals surface area contributed by atoms with Crippen molar-refractivity contribution >= 4 is 6.16 Å². The number of aromatic nitrogens is 1. The van der Waals surface area contributed by atoms with E-state index in [-0.39, 0.29) is 5.88 Å².